The number of methoxy groups -OCH3 is 2. The lowest BCUT2D eigenvalue weighted by molar-refractivity contribution is -0.385. The monoisotopic (exact) mass is 458 g/mol. The molecule has 170 valence electrons. The van der Waals surface area contributed by atoms with Gasteiger partial charge in [-0.2, -0.15) is 8.78 Å². The Kier molecular flexibility index (Phi) is 7.71. The van der Waals surface area contributed by atoms with Crippen LogP contribution in [0.2, 0.25) is 0 Å². The number of esters is 1. The molecule has 0 unspecified atom stereocenters. The number of nitro groups is 1. The van der Waals surface area contributed by atoms with Crippen molar-refractivity contribution < 1.29 is 46.3 Å². The van der Waals surface area contributed by atoms with Crippen molar-refractivity contribution in [1.82, 2.24) is 0 Å². The summed E-state index contributed by atoms with van der Waals surface area (Å²) in [6, 6.07) is 2.74. The highest BCUT2D eigenvalue weighted by molar-refractivity contribution is 6.03. The molecule has 0 aliphatic heterocycles. The van der Waals surface area contributed by atoms with Crippen LogP contribution in [0.5, 0.6) is 11.5 Å². The van der Waals surface area contributed by atoms with Gasteiger partial charge in [0, 0.05) is 12.1 Å². The summed E-state index contributed by atoms with van der Waals surface area (Å²) < 4.78 is 66.0. The molecule has 0 bridgehead atoms. The summed E-state index contributed by atoms with van der Waals surface area (Å²) in [6.07, 6.45) is 1.70. The van der Waals surface area contributed by atoms with Crippen LogP contribution in [-0.4, -0.2) is 37.6 Å². The topological polar surface area (TPSA) is 117 Å². The number of hydrogen-bond acceptors (Lipinski definition) is 7. The molecule has 0 spiro atoms. The van der Waals surface area contributed by atoms with Crippen LogP contribution in [0.4, 0.5) is 28.9 Å². The molecule has 0 atom stereocenters. The van der Waals surface area contributed by atoms with Gasteiger partial charge in [0.05, 0.1) is 42.0 Å². The van der Waals surface area contributed by atoms with Crippen LogP contribution >= 0.6 is 0 Å². The minimum absolute atomic E-state index is 0.224. The van der Waals surface area contributed by atoms with Gasteiger partial charge in [-0.3, -0.25) is 14.9 Å². The number of carbonyl (C=O) groups excluding carboxylic acids is 2. The van der Waals surface area contributed by atoms with Crippen molar-refractivity contribution in [2.24, 2.45) is 0 Å². The predicted octanol–water partition coefficient (Wildman–Crippen LogP) is 3.92. The fourth-order valence-electron chi connectivity index (χ4n) is 2.46. The van der Waals surface area contributed by atoms with E-state index in [1.807, 2.05) is 5.32 Å². The van der Waals surface area contributed by atoms with Gasteiger partial charge in [-0.1, -0.05) is 0 Å². The fourth-order valence-corrected chi connectivity index (χ4v) is 2.46. The lowest BCUT2D eigenvalue weighted by Gasteiger charge is -2.11. The SMILES string of the molecule is COC(=O)c1cc(NC(=O)/C=C/c2cc(OC)c(OC(F)F)cc2[N+](=O)[O-])c(F)cc1F. The van der Waals surface area contributed by atoms with Gasteiger partial charge in [0.25, 0.3) is 5.69 Å². The van der Waals surface area contributed by atoms with E-state index in [4.69, 9.17) is 4.74 Å². The van der Waals surface area contributed by atoms with Gasteiger partial charge in [0.1, 0.15) is 11.6 Å². The van der Waals surface area contributed by atoms with Crippen LogP contribution in [0.25, 0.3) is 6.08 Å². The number of alkyl halides is 2. The first-order valence-electron chi connectivity index (χ1n) is 8.45. The molecule has 0 saturated heterocycles. The van der Waals surface area contributed by atoms with Gasteiger partial charge in [0.2, 0.25) is 5.91 Å². The first kappa shape index (κ1) is 24.1. The number of nitrogens with zero attached hydrogens (tertiary/aromatic N) is 1. The molecule has 2 rings (SSSR count). The lowest BCUT2D eigenvalue weighted by Crippen LogP contribution is -2.12. The molecule has 2 aromatic carbocycles. The summed E-state index contributed by atoms with van der Waals surface area (Å²) in [7, 11) is 2.08. The highest BCUT2D eigenvalue weighted by Gasteiger charge is 2.21. The molecule has 0 fully saturated rings. The zero-order chi connectivity index (χ0) is 24.0. The molecule has 0 aromatic heterocycles. The molecule has 1 amide bonds. The second-order valence-corrected chi connectivity index (χ2v) is 5.82. The van der Waals surface area contributed by atoms with Crippen molar-refractivity contribution in [2.45, 2.75) is 6.61 Å². The molecule has 0 aliphatic carbocycles. The number of nitro benzene ring substituents is 1. The average molecular weight is 458 g/mol. The Labute approximate surface area is 177 Å². The second-order valence-electron chi connectivity index (χ2n) is 5.82. The summed E-state index contributed by atoms with van der Waals surface area (Å²) in [6.45, 7) is -3.27. The molecular weight excluding hydrogens is 444 g/mol. The Hall–Kier alpha value is -4.16. The maximum Gasteiger partial charge on any atom is 0.387 e. The Morgan fingerprint density at radius 3 is 2.34 bits per heavy atom. The number of ether oxygens (including phenoxy) is 3. The Morgan fingerprint density at radius 1 is 1.09 bits per heavy atom. The van der Waals surface area contributed by atoms with Crippen molar-refractivity contribution >= 4 is 29.3 Å². The predicted molar refractivity (Wildman–Crippen MR) is 102 cm³/mol. The molecule has 0 aliphatic rings. The van der Waals surface area contributed by atoms with E-state index in [2.05, 4.69) is 9.47 Å². The summed E-state index contributed by atoms with van der Waals surface area (Å²) in [4.78, 5) is 34.0. The quantitative estimate of drug-likeness (QED) is 0.210. The van der Waals surface area contributed by atoms with Gasteiger partial charge in [0.15, 0.2) is 11.5 Å². The number of carbonyl (C=O) groups is 2. The summed E-state index contributed by atoms with van der Waals surface area (Å²) in [5.41, 5.74) is -2.11. The Balaban J connectivity index is 2.34. The smallest absolute Gasteiger partial charge is 0.387 e. The van der Waals surface area contributed by atoms with E-state index in [0.717, 1.165) is 32.4 Å². The van der Waals surface area contributed by atoms with Crippen LogP contribution in [0, 0.1) is 21.7 Å². The molecule has 1 N–H and O–H groups in total. The van der Waals surface area contributed by atoms with Crippen LogP contribution in [0.3, 0.4) is 0 Å². The number of rotatable bonds is 8. The molecule has 0 heterocycles. The van der Waals surface area contributed by atoms with Crippen molar-refractivity contribution in [3.05, 3.63) is 63.2 Å². The Morgan fingerprint density at radius 2 is 1.78 bits per heavy atom. The van der Waals surface area contributed by atoms with E-state index in [1.165, 1.54) is 0 Å². The van der Waals surface area contributed by atoms with E-state index < -0.39 is 57.7 Å². The molecule has 0 saturated carbocycles. The van der Waals surface area contributed by atoms with E-state index in [0.29, 0.717) is 18.2 Å². The summed E-state index contributed by atoms with van der Waals surface area (Å²) in [5.74, 6) is -5.40. The van der Waals surface area contributed by atoms with E-state index in [9.17, 15) is 37.3 Å². The molecular formula is C19H14F4N2O7. The van der Waals surface area contributed by atoms with Crippen molar-refractivity contribution in [3.63, 3.8) is 0 Å². The zero-order valence-electron chi connectivity index (χ0n) is 16.4. The first-order chi connectivity index (χ1) is 15.1. The number of hydrogen-bond donors (Lipinski definition) is 1. The largest absolute Gasteiger partial charge is 0.493 e. The molecule has 32 heavy (non-hydrogen) atoms. The number of benzene rings is 2. The number of nitrogens with one attached hydrogen (secondary N) is 1. The first-order valence-corrected chi connectivity index (χ1v) is 8.45. The molecule has 2 aromatic rings. The van der Waals surface area contributed by atoms with E-state index in [1.54, 1.807) is 0 Å². The van der Waals surface area contributed by atoms with Crippen molar-refractivity contribution in [2.75, 3.05) is 19.5 Å². The van der Waals surface area contributed by atoms with Crippen LogP contribution in [0.15, 0.2) is 30.3 Å². The summed E-state index contributed by atoms with van der Waals surface area (Å²) in [5, 5.41) is 13.3. The van der Waals surface area contributed by atoms with Crippen LogP contribution in [0.1, 0.15) is 15.9 Å². The fraction of sp³-hybridized carbons (Fsp3) is 0.158. The highest BCUT2D eigenvalue weighted by Crippen LogP contribution is 2.36. The third-order valence-corrected chi connectivity index (χ3v) is 3.86. The molecule has 9 nitrogen and oxygen atoms in total. The van der Waals surface area contributed by atoms with Gasteiger partial charge in [-0.05, 0) is 18.2 Å². The van der Waals surface area contributed by atoms with E-state index in [-0.39, 0.29) is 11.3 Å². The van der Waals surface area contributed by atoms with Gasteiger partial charge in [-0.25, -0.2) is 13.6 Å². The minimum atomic E-state index is -3.27. The van der Waals surface area contributed by atoms with E-state index >= 15 is 0 Å². The zero-order valence-corrected chi connectivity index (χ0v) is 16.4. The van der Waals surface area contributed by atoms with Crippen LogP contribution < -0.4 is 14.8 Å². The third-order valence-electron chi connectivity index (χ3n) is 3.86. The summed E-state index contributed by atoms with van der Waals surface area (Å²) >= 11 is 0. The third kappa shape index (κ3) is 5.71. The van der Waals surface area contributed by atoms with Gasteiger partial charge < -0.3 is 19.5 Å². The van der Waals surface area contributed by atoms with Crippen molar-refractivity contribution in [3.8, 4) is 11.5 Å². The molecule has 13 heteroatoms. The lowest BCUT2D eigenvalue weighted by atomic mass is 10.1. The maximum absolute atomic E-state index is 13.9. The standard InChI is InChI=1S/C19H14F4N2O7/c1-30-15-5-9(14(25(28)29)8-16(15)32-19(22)23)3-4-17(26)24-13-6-10(18(27)31-2)11(20)7-12(13)21/h3-8,19H,1-2H3,(H,24,26)/b4-3+. The van der Waals surface area contributed by atoms with Crippen molar-refractivity contribution in [1.29, 1.82) is 0 Å². The minimum Gasteiger partial charge on any atom is -0.493 e. The maximum atomic E-state index is 13.9. The normalized spacial score (nSPS) is 10.8. The van der Waals surface area contributed by atoms with Gasteiger partial charge >= 0.3 is 12.6 Å². The average Bonchev–Trinajstić information content (AvgIpc) is 2.73. The number of anilines is 1. The highest BCUT2D eigenvalue weighted by atomic mass is 19.3. The number of halogens is 4. The number of amides is 1. The van der Waals surface area contributed by atoms with Crippen LogP contribution in [-0.2, 0) is 9.53 Å². The van der Waals surface area contributed by atoms with Gasteiger partial charge in [-0.15, -0.1) is 0 Å². The Bertz CT molecular complexity index is 1090. The second kappa shape index (κ2) is 10.2. The molecule has 0 radical (unpaired) electrons.